The van der Waals surface area contributed by atoms with Crippen LogP contribution in [0.15, 0.2) is 23.8 Å². The van der Waals surface area contributed by atoms with E-state index in [0.717, 1.165) is 26.1 Å². The van der Waals surface area contributed by atoms with E-state index in [0.29, 0.717) is 12.2 Å². The lowest BCUT2D eigenvalue weighted by atomic mass is 10.1. The zero-order valence-corrected chi connectivity index (χ0v) is 12.8. The minimum absolute atomic E-state index is 0.184. The van der Waals surface area contributed by atoms with Crippen LogP contribution in [0.4, 0.5) is 10.5 Å². The molecule has 112 valence electrons. The summed E-state index contributed by atoms with van der Waals surface area (Å²) in [5.41, 5.74) is 2.14. The Morgan fingerprint density at radius 2 is 2.43 bits per heavy atom. The fourth-order valence-electron chi connectivity index (χ4n) is 2.49. The summed E-state index contributed by atoms with van der Waals surface area (Å²) in [5, 5.41) is 11.8. The second-order valence-corrected chi connectivity index (χ2v) is 6.18. The second kappa shape index (κ2) is 6.28. The van der Waals surface area contributed by atoms with E-state index in [1.807, 2.05) is 18.4 Å². The topological polar surface area (TPSA) is 62.2 Å². The molecule has 6 nitrogen and oxygen atoms in total. The number of amides is 2. The summed E-state index contributed by atoms with van der Waals surface area (Å²) in [6.07, 6.45) is 4.51. The summed E-state index contributed by atoms with van der Waals surface area (Å²) in [6.45, 7) is 3.57. The smallest absolute Gasteiger partial charge is 0.319 e. The van der Waals surface area contributed by atoms with Gasteiger partial charge in [0.25, 0.3) is 0 Å². The van der Waals surface area contributed by atoms with Crippen molar-refractivity contribution in [2.24, 2.45) is 7.05 Å². The van der Waals surface area contributed by atoms with E-state index < -0.39 is 0 Å². The lowest BCUT2D eigenvalue weighted by Crippen LogP contribution is -2.38. The highest BCUT2D eigenvalue weighted by Gasteiger charge is 2.16. The molecular formula is C14H19N5OS. The molecule has 3 rings (SSSR count). The maximum atomic E-state index is 11.7. The molecule has 2 amide bonds. The van der Waals surface area contributed by atoms with Crippen molar-refractivity contribution in [2.75, 3.05) is 25.0 Å². The average Bonchev–Trinajstić information content (AvgIpc) is 3.07. The van der Waals surface area contributed by atoms with Gasteiger partial charge in [0, 0.05) is 44.3 Å². The van der Waals surface area contributed by atoms with Crippen molar-refractivity contribution in [3.05, 3.63) is 34.3 Å². The van der Waals surface area contributed by atoms with Crippen molar-refractivity contribution in [3.63, 3.8) is 0 Å². The van der Waals surface area contributed by atoms with Crippen LogP contribution in [-0.2, 0) is 20.0 Å². The zero-order valence-electron chi connectivity index (χ0n) is 12.0. The van der Waals surface area contributed by atoms with E-state index in [1.54, 1.807) is 17.1 Å². The third-order valence-electron chi connectivity index (χ3n) is 3.56. The van der Waals surface area contributed by atoms with Crippen LogP contribution in [0.1, 0.15) is 10.4 Å². The number of carbonyl (C=O) groups excluding carboxylic acids is 1. The molecular weight excluding hydrogens is 286 g/mol. The Kier molecular flexibility index (Phi) is 4.21. The van der Waals surface area contributed by atoms with Crippen LogP contribution < -0.4 is 10.6 Å². The summed E-state index contributed by atoms with van der Waals surface area (Å²) in [7, 11) is 1.82. The number of carbonyl (C=O) groups is 1. The number of hydrogen-bond donors (Lipinski definition) is 2. The summed E-state index contributed by atoms with van der Waals surface area (Å²) in [4.78, 5) is 15.6. The molecule has 1 aliphatic heterocycles. The molecule has 1 aliphatic rings. The summed E-state index contributed by atoms with van der Waals surface area (Å²) >= 11 is 1.85. The number of hydrogen-bond acceptors (Lipinski definition) is 4. The van der Waals surface area contributed by atoms with E-state index in [1.165, 1.54) is 10.4 Å². The Morgan fingerprint density at radius 1 is 1.52 bits per heavy atom. The van der Waals surface area contributed by atoms with Crippen molar-refractivity contribution in [1.82, 2.24) is 20.0 Å². The molecule has 2 aromatic rings. The predicted octanol–water partition coefficient (Wildman–Crippen LogP) is 1.66. The standard InChI is InChI=1S/C14H19N5OS/c1-18-10-12(8-16-18)17-14(20)15-4-6-19-5-2-13-11(9-19)3-7-21-13/h3,7-8,10H,2,4-6,9H2,1H3,(H2,15,17,20). The number of aromatic nitrogens is 2. The highest BCUT2D eigenvalue weighted by molar-refractivity contribution is 7.10. The van der Waals surface area contributed by atoms with Crippen molar-refractivity contribution >= 4 is 23.1 Å². The van der Waals surface area contributed by atoms with Gasteiger partial charge in [-0.15, -0.1) is 11.3 Å². The Labute approximate surface area is 127 Å². The molecule has 0 aromatic carbocycles. The molecule has 0 bridgehead atoms. The minimum Gasteiger partial charge on any atom is -0.337 e. The number of nitrogens with one attached hydrogen (secondary N) is 2. The van der Waals surface area contributed by atoms with Gasteiger partial charge in [0.15, 0.2) is 0 Å². The van der Waals surface area contributed by atoms with E-state index >= 15 is 0 Å². The van der Waals surface area contributed by atoms with E-state index in [4.69, 9.17) is 0 Å². The van der Waals surface area contributed by atoms with Crippen LogP contribution in [-0.4, -0.2) is 40.3 Å². The van der Waals surface area contributed by atoms with Gasteiger partial charge < -0.3 is 10.6 Å². The lowest BCUT2D eigenvalue weighted by Gasteiger charge is -2.26. The number of aryl methyl sites for hydroxylation is 1. The molecule has 2 N–H and O–H groups in total. The molecule has 0 saturated heterocycles. The quantitative estimate of drug-likeness (QED) is 0.903. The number of urea groups is 1. The average molecular weight is 305 g/mol. The predicted molar refractivity (Wildman–Crippen MR) is 83.5 cm³/mol. The van der Waals surface area contributed by atoms with Gasteiger partial charge in [0.05, 0.1) is 11.9 Å². The monoisotopic (exact) mass is 305 g/mol. The van der Waals surface area contributed by atoms with E-state index in [2.05, 4.69) is 32.1 Å². The first kappa shape index (κ1) is 14.1. The molecule has 0 atom stereocenters. The van der Waals surface area contributed by atoms with Crippen molar-refractivity contribution < 1.29 is 4.79 Å². The molecule has 0 radical (unpaired) electrons. The SMILES string of the molecule is Cn1cc(NC(=O)NCCN2CCc3sccc3C2)cn1. The Hall–Kier alpha value is -1.86. The maximum absolute atomic E-state index is 11.7. The van der Waals surface area contributed by atoms with Crippen molar-refractivity contribution in [1.29, 1.82) is 0 Å². The molecule has 0 saturated carbocycles. The van der Waals surface area contributed by atoms with Crippen LogP contribution in [0.3, 0.4) is 0 Å². The van der Waals surface area contributed by atoms with Crippen molar-refractivity contribution in [2.45, 2.75) is 13.0 Å². The highest BCUT2D eigenvalue weighted by Crippen LogP contribution is 2.23. The highest BCUT2D eigenvalue weighted by atomic mass is 32.1. The maximum Gasteiger partial charge on any atom is 0.319 e. The number of anilines is 1. The van der Waals surface area contributed by atoms with Gasteiger partial charge in [-0.25, -0.2) is 4.79 Å². The van der Waals surface area contributed by atoms with Crippen molar-refractivity contribution in [3.8, 4) is 0 Å². The molecule has 0 fully saturated rings. The van der Waals surface area contributed by atoms with Gasteiger partial charge in [0.1, 0.15) is 0 Å². The van der Waals surface area contributed by atoms with Crippen LogP contribution in [0.25, 0.3) is 0 Å². The fraction of sp³-hybridized carbons (Fsp3) is 0.429. The summed E-state index contributed by atoms with van der Waals surface area (Å²) < 4.78 is 1.65. The molecule has 0 aliphatic carbocycles. The molecule has 21 heavy (non-hydrogen) atoms. The molecule has 7 heteroatoms. The fourth-order valence-corrected chi connectivity index (χ4v) is 3.38. The Balaban J connectivity index is 1.39. The molecule has 0 unspecified atom stereocenters. The van der Waals surface area contributed by atoms with Gasteiger partial charge in [-0.2, -0.15) is 5.10 Å². The molecule has 3 heterocycles. The van der Waals surface area contributed by atoms with E-state index in [-0.39, 0.29) is 6.03 Å². The molecule has 0 spiro atoms. The number of rotatable bonds is 4. The minimum atomic E-state index is -0.184. The third kappa shape index (κ3) is 3.62. The van der Waals surface area contributed by atoms with Crippen LogP contribution in [0.2, 0.25) is 0 Å². The second-order valence-electron chi connectivity index (χ2n) is 5.18. The van der Waals surface area contributed by atoms with Gasteiger partial charge in [-0.3, -0.25) is 9.58 Å². The lowest BCUT2D eigenvalue weighted by molar-refractivity contribution is 0.239. The summed E-state index contributed by atoms with van der Waals surface area (Å²) in [6, 6.07) is 2.02. The van der Waals surface area contributed by atoms with Crippen LogP contribution in [0.5, 0.6) is 0 Å². The number of thiophene rings is 1. The largest absolute Gasteiger partial charge is 0.337 e. The normalized spacial score (nSPS) is 14.7. The third-order valence-corrected chi connectivity index (χ3v) is 4.59. The first-order valence-corrected chi connectivity index (χ1v) is 7.90. The van der Waals surface area contributed by atoms with Gasteiger partial charge in [-0.1, -0.05) is 0 Å². The van der Waals surface area contributed by atoms with Gasteiger partial charge in [0.2, 0.25) is 0 Å². The van der Waals surface area contributed by atoms with Crippen LogP contribution in [0, 0.1) is 0 Å². The van der Waals surface area contributed by atoms with Crippen LogP contribution >= 0.6 is 11.3 Å². The first-order valence-electron chi connectivity index (χ1n) is 7.02. The summed E-state index contributed by atoms with van der Waals surface area (Å²) in [5.74, 6) is 0. The Bertz CT molecular complexity index is 620. The van der Waals surface area contributed by atoms with Gasteiger partial charge in [-0.05, 0) is 23.4 Å². The molecule has 2 aromatic heterocycles. The van der Waals surface area contributed by atoms with Gasteiger partial charge >= 0.3 is 6.03 Å². The Morgan fingerprint density at radius 3 is 3.24 bits per heavy atom. The first-order chi connectivity index (χ1) is 10.2. The zero-order chi connectivity index (χ0) is 14.7. The number of fused-ring (bicyclic) bond motifs is 1. The number of nitrogens with zero attached hydrogens (tertiary/aromatic N) is 3. The van der Waals surface area contributed by atoms with E-state index in [9.17, 15) is 4.79 Å².